The van der Waals surface area contributed by atoms with Gasteiger partial charge in [-0.15, -0.1) is 0 Å². The Kier molecular flexibility index (Phi) is 3.92. The molecule has 0 atom stereocenters. The van der Waals surface area contributed by atoms with Crippen molar-refractivity contribution in [1.82, 2.24) is 0 Å². The molecule has 0 bridgehead atoms. The molecular formula is C12H15NO. The summed E-state index contributed by atoms with van der Waals surface area (Å²) in [5.41, 5.74) is 2.06. The average Bonchev–Trinajstić information content (AvgIpc) is 2.21. The number of carbonyl (C=O) groups excluding carboxylic acids is 1. The van der Waals surface area contributed by atoms with Gasteiger partial charge in [0.05, 0.1) is 0 Å². The van der Waals surface area contributed by atoms with Gasteiger partial charge in [0, 0.05) is 5.69 Å². The van der Waals surface area contributed by atoms with Gasteiger partial charge in [0.25, 0.3) is 0 Å². The number of amides is 1. The smallest absolute Gasteiger partial charge is 0.247 e. The first-order valence-corrected chi connectivity index (χ1v) is 4.79. The molecule has 0 heterocycles. The molecule has 1 rings (SSSR count). The third-order valence-corrected chi connectivity index (χ3v) is 1.98. The van der Waals surface area contributed by atoms with Crippen molar-refractivity contribution in [3.8, 4) is 0 Å². The highest BCUT2D eigenvalue weighted by molar-refractivity contribution is 5.99. The van der Waals surface area contributed by atoms with Gasteiger partial charge in [0.2, 0.25) is 5.91 Å². The van der Waals surface area contributed by atoms with E-state index in [0.717, 1.165) is 18.5 Å². The van der Waals surface area contributed by atoms with Crippen molar-refractivity contribution in [3.05, 3.63) is 42.5 Å². The number of rotatable bonds is 4. The molecular weight excluding hydrogens is 174 g/mol. The van der Waals surface area contributed by atoms with Crippen molar-refractivity contribution in [2.24, 2.45) is 0 Å². The van der Waals surface area contributed by atoms with Crippen LogP contribution in [0.2, 0.25) is 0 Å². The number of carbonyl (C=O) groups is 1. The molecule has 0 fully saturated rings. The van der Waals surface area contributed by atoms with Crippen molar-refractivity contribution in [2.45, 2.75) is 19.8 Å². The van der Waals surface area contributed by atoms with Crippen LogP contribution in [0.15, 0.2) is 36.9 Å². The minimum absolute atomic E-state index is 0.159. The summed E-state index contributed by atoms with van der Waals surface area (Å²) in [6.45, 7) is 5.54. The lowest BCUT2D eigenvalue weighted by Crippen LogP contribution is -2.09. The highest BCUT2D eigenvalue weighted by atomic mass is 16.1. The van der Waals surface area contributed by atoms with E-state index in [1.165, 1.54) is 11.6 Å². The largest absolute Gasteiger partial charge is 0.322 e. The number of anilines is 1. The maximum absolute atomic E-state index is 11.1. The summed E-state index contributed by atoms with van der Waals surface area (Å²) >= 11 is 0. The van der Waals surface area contributed by atoms with Crippen LogP contribution in [0.25, 0.3) is 0 Å². The molecule has 2 heteroatoms. The van der Waals surface area contributed by atoms with E-state index in [1.54, 1.807) is 0 Å². The molecule has 2 nitrogen and oxygen atoms in total. The number of aryl methyl sites for hydroxylation is 1. The fourth-order valence-corrected chi connectivity index (χ4v) is 1.31. The Bertz CT molecular complexity index is 331. The second-order valence-corrected chi connectivity index (χ2v) is 3.10. The van der Waals surface area contributed by atoms with E-state index in [4.69, 9.17) is 0 Å². The Hall–Kier alpha value is -1.57. The Morgan fingerprint density at radius 1 is 1.50 bits per heavy atom. The van der Waals surface area contributed by atoms with Crippen LogP contribution in [-0.4, -0.2) is 5.91 Å². The Morgan fingerprint density at radius 3 is 2.86 bits per heavy atom. The van der Waals surface area contributed by atoms with E-state index in [0.29, 0.717) is 0 Å². The highest BCUT2D eigenvalue weighted by Crippen LogP contribution is 2.16. The van der Waals surface area contributed by atoms with E-state index in [-0.39, 0.29) is 5.91 Å². The van der Waals surface area contributed by atoms with Gasteiger partial charge in [0.1, 0.15) is 0 Å². The summed E-state index contributed by atoms with van der Waals surface area (Å²) in [5, 5.41) is 2.79. The zero-order chi connectivity index (χ0) is 10.4. The van der Waals surface area contributed by atoms with Crippen molar-refractivity contribution in [1.29, 1.82) is 0 Å². The van der Waals surface area contributed by atoms with Gasteiger partial charge in [-0.1, -0.05) is 38.1 Å². The van der Waals surface area contributed by atoms with Gasteiger partial charge in [0.15, 0.2) is 0 Å². The standard InChI is InChI=1S/C12H15NO/c1-3-7-10-8-5-6-9-11(10)13-12(14)4-2/h4-6,8-9H,2-3,7H2,1H3,(H,13,14). The predicted octanol–water partition coefficient (Wildman–Crippen LogP) is 2.76. The second kappa shape index (κ2) is 5.22. The van der Waals surface area contributed by atoms with Crippen molar-refractivity contribution < 1.29 is 4.79 Å². The number of benzene rings is 1. The first kappa shape index (κ1) is 10.5. The molecule has 1 N–H and O–H groups in total. The molecule has 0 aromatic heterocycles. The zero-order valence-electron chi connectivity index (χ0n) is 8.42. The average molecular weight is 189 g/mol. The molecule has 1 aromatic rings. The molecule has 0 aliphatic rings. The van der Waals surface area contributed by atoms with Crippen LogP contribution in [-0.2, 0) is 11.2 Å². The molecule has 74 valence electrons. The maximum Gasteiger partial charge on any atom is 0.247 e. The molecule has 0 radical (unpaired) electrons. The molecule has 0 aliphatic carbocycles. The number of nitrogens with one attached hydrogen (secondary N) is 1. The van der Waals surface area contributed by atoms with Crippen molar-refractivity contribution in [2.75, 3.05) is 5.32 Å². The van der Waals surface area contributed by atoms with Gasteiger partial charge < -0.3 is 5.32 Å². The summed E-state index contributed by atoms with van der Waals surface area (Å²) in [6.07, 6.45) is 3.33. The molecule has 0 spiro atoms. The zero-order valence-corrected chi connectivity index (χ0v) is 8.42. The second-order valence-electron chi connectivity index (χ2n) is 3.10. The van der Waals surface area contributed by atoms with Crippen LogP contribution in [0.3, 0.4) is 0 Å². The highest BCUT2D eigenvalue weighted by Gasteiger charge is 2.02. The van der Waals surface area contributed by atoms with Crippen LogP contribution in [0.1, 0.15) is 18.9 Å². The Morgan fingerprint density at radius 2 is 2.21 bits per heavy atom. The Balaban J connectivity index is 2.83. The number of hydrogen-bond donors (Lipinski definition) is 1. The van der Waals surface area contributed by atoms with Crippen LogP contribution in [0.4, 0.5) is 5.69 Å². The Labute approximate surface area is 84.6 Å². The summed E-state index contributed by atoms with van der Waals surface area (Å²) < 4.78 is 0. The lowest BCUT2D eigenvalue weighted by atomic mass is 10.1. The third-order valence-electron chi connectivity index (χ3n) is 1.98. The lowest BCUT2D eigenvalue weighted by molar-refractivity contribution is -0.111. The van der Waals surface area contributed by atoms with Crippen LogP contribution >= 0.6 is 0 Å². The van der Waals surface area contributed by atoms with Gasteiger partial charge >= 0.3 is 0 Å². The molecule has 0 unspecified atom stereocenters. The minimum Gasteiger partial charge on any atom is -0.322 e. The van der Waals surface area contributed by atoms with E-state index in [9.17, 15) is 4.79 Å². The van der Waals surface area contributed by atoms with Crippen LogP contribution in [0, 0.1) is 0 Å². The van der Waals surface area contributed by atoms with E-state index in [1.807, 2.05) is 24.3 Å². The molecule has 1 amide bonds. The third kappa shape index (κ3) is 2.73. The molecule has 14 heavy (non-hydrogen) atoms. The molecule has 1 aromatic carbocycles. The predicted molar refractivity (Wildman–Crippen MR) is 59.3 cm³/mol. The SMILES string of the molecule is C=CC(=O)Nc1ccccc1CCC. The van der Waals surface area contributed by atoms with Gasteiger partial charge in [-0.05, 0) is 24.1 Å². The lowest BCUT2D eigenvalue weighted by Gasteiger charge is -2.08. The monoisotopic (exact) mass is 189 g/mol. The summed E-state index contributed by atoms with van der Waals surface area (Å²) in [7, 11) is 0. The van der Waals surface area contributed by atoms with Gasteiger partial charge in [-0.2, -0.15) is 0 Å². The fourth-order valence-electron chi connectivity index (χ4n) is 1.31. The quantitative estimate of drug-likeness (QED) is 0.725. The number of para-hydroxylation sites is 1. The maximum atomic E-state index is 11.1. The molecule has 0 saturated carbocycles. The topological polar surface area (TPSA) is 29.1 Å². The summed E-state index contributed by atoms with van der Waals surface area (Å²) in [6, 6.07) is 7.83. The molecule has 0 aliphatic heterocycles. The normalized spacial score (nSPS) is 9.50. The summed E-state index contributed by atoms with van der Waals surface area (Å²) in [5.74, 6) is -0.159. The first-order valence-electron chi connectivity index (χ1n) is 4.79. The minimum atomic E-state index is -0.159. The first-order chi connectivity index (χ1) is 6.77. The van der Waals surface area contributed by atoms with E-state index < -0.39 is 0 Å². The fraction of sp³-hybridized carbons (Fsp3) is 0.250. The van der Waals surface area contributed by atoms with Crippen molar-refractivity contribution in [3.63, 3.8) is 0 Å². The van der Waals surface area contributed by atoms with Gasteiger partial charge in [-0.3, -0.25) is 4.79 Å². The number of hydrogen-bond acceptors (Lipinski definition) is 1. The van der Waals surface area contributed by atoms with Crippen LogP contribution in [0.5, 0.6) is 0 Å². The van der Waals surface area contributed by atoms with E-state index in [2.05, 4.69) is 18.8 Å². The van der Waals surface area contributed by atoms with E-state index >= 15 is 0 Å². The van der Waals surface area contributed by atoms with Crippen LogP contribution < -0.4 is 5.32 Å². The molecule has 0 saturated heterocycles. The van der Waals surface area contributed by atoms with Gasteiger partial charge in [-0.25, -0.2) is 0 Å². The van der Waals surface area contributed by atoms with Crippen molar-refractivity contribution >= 4 is 11.6 Å². The summed E-state index contributed by atoms with van der Waals surface area (Å²) in [4.78, 5) is 11.1.